The summed E-state index contributed by atoms with van der Waals surface area (Å²) in [6.07, 6.45) is 3.21. The molecule has 6 rings (SSSR count). The van der Waals surface area contributed by atoms with Crippen LogP contribution in [0.15, 0.2) is 53.7 Å². The monoisotopic (exact) mass is 498 g/mol. The number of hydrogen-bond donors (Lipinski definition) is 3. The fraction of sp³-hybridized carbons (Fsp3) is 0.167. The number of aromatic nitrogens is 5. The van der Waals surface area contributed by atoms with Crippen LogP contribution >= 0.6 is 0 Å². The Labute approximate surface area is 207 Å². The number of aromatic amines is 1. The molecule has 13 nitrogen and oxygen atoms in total. The van der Waals surface area contributed by atoms with Gasteiger partial charge in [-0.1, -0.05) is 5.21 Å². The first kappa shape index (κ1) is 22.3. The van der Waals surface area contributed by atoms with Crippen molar-refractivity contribution in [1.29, 1.82) is 0 Å². The molecule has 3 N–H and O–H groups in total. The predicted octanol–water partition coefficient (Wildman–Crippen LogP) is 0.517. The van der Waals surface area contributed by atoms with Gasteiger partial charge in [-0.05, 0) is 48.4 Å². The molecule has 1 atom stereocenters. The lowest BCUT2D eigenvalue weighted by Crippen LogP contribution is -2.52. The number of carbonyl (C=O) groups is 4. The molecule has 2 aliphatic heterocycles. The van der Waals surface area contributed by atoms with Crippen molar-refractivity contribution >= 4 is 40.2 Å². The van der Waals surface area contributed by atoms with Crippen molar-refractivity contribution in [3.63, 3.8) is 0 Å². The van der Waals surface area contributed by atoms with E-state index in [4.69, 9.17) is 0 Å². The summed E-state index contributed by atoms with van der Waals surface area (Å²) in [5.41, 5.74) is 2.36. The van der Waals surface area contributed by atoms with Gasteiger partial charge in [0.2, 0.25) is 11.8 Å². The highest BCUT2D eigenvalue weighted by Crippen LogP contribution is 2.29. The van der Waals surface area contributed by atoms with Gasteiger partial charge in [-0.3, -0.25) is 29.3 Å². The third-order valence-corrected chi connectivity index (χ3v) is 6.40. The van der Waals surface area contributed by atoms with Gasteiger partial charge in [0.1, 0.15) is 6.04 Å². The van der Waals surface area contributed by atoms with E-state index in [2.05, 4.69) is 30.9 Å². The zero-order chi connectivity index (χ0) is 25.7. The smallest absolute Gasteiger partial charge is 0.277 e. The Morgan fingerprint density at radius 1 is 1.08 bits per heavy atom. The van der Waals surface area contributed by atoms with Crippen molar-refractivity contribution in [1.82, 2.24) is 35.2 Å². The number of fused-ring (bicyclic) bond motifs is 2. The first-order valence-corrected chi connectivity index (χ1v) is 11.4. The molecule has 1 fully saturated rings. The fourth-order valence-corrected chi connectivity index (χ4v) is 4.54. The van der Waals surface area contributed by atoms with Crippen LogP contribution in [0.5, 0.6) is 0 Å². The van der Waals surface area contributed by atoms with Crippen molar-refractivity contribution in [2.24, 2.45) is 0 Å². The van der Waals surface area contributed by atoms with E-state index in [9.17, 15) is 24.0 Å². The second kappa shape index (κ2) is 8.48. The molecule has 13 heteroatoms. The summed E-state index contributed by atoms with van der Waals surface area (Å²) in [4.78, 5) is 69.4. The standard InChI is InChI=1S/C24H18N8O5/c33-20-6-5-19(23(36)28-20)31-9-12-7-14(2-3-15(12)24(31)37)32-10-18(29-30-32)22(35)27-13-1-4-17-16(8-13)21(34)26-11-25-17/h1-4,7-8,10-11,19H,5-6,9H2,(H,27,35)(H,25,26,34)(H,28,33,36). The Morgan fingerprint density at radius 3 is 2.78 bits per heavy atom. The van der Waals surface area contributed by atoms with E-state index in [0.29, 0.717) is 33.4 Å². The molecule has 0 radical (unpaired) electrons. The summed E-state index contributed by atoms with van der Waals surface area (Å²) in [6, 6.07) is 9.13. The summed E-state index contributed by atoms with van der Waals surface area (Å²) in [7, 11) is 0. The summed E-state index contributed by atoms with van der Waals surface area (Å²) in [6.45, 7) is 0.215. The van der Waals surface area contributed by atoms with Crippen molar-refractivity contribution in [3.8, 4) is 5.69 Å². The molecule has 184 valence electrons. The second-order valence-electron chi connectivity index (χ2n) is 8.71. The zero-order valence-corrected chi connectivity index (χ0v) is 19.1. The first-order chi connectivity index (χ1) is 17.9. The van der Waals surface area contributed by atoms with E-state index in [-0.39, 0.29) is 42.5 Å². The molecule has 2 aromatic heterocycles. The Bertz CT molecular complexity index is 1690. The van der Waals surface area contributed by atoms with Crippen LogP contribution in [0.2, 0.25) is 0 Å². The molecule has 4 heterocycles. The summed E-state index contributed by atoms with van der Waals surface area (Å²) < 4.78 is 1.41. The summed E-state index contributed by atoms with van der Waals surface area (Å²) in [5, 5.41) is 13.3. The van der Waals surface area contributed by atoms with Crippen LogP contribution in [0.25, 0.3) is 16.6 Å². The SMILES string of the molecule is O=C1CCC(N2Cc3cc(-n4cc(C(=O)Nc5ccc6nc[nH]c(=O)c6c5)nn4)ccc3C2=O)C(=O)N1. The lowest BCUT2D eigenvalue weighted by molar-refractivity contribution is -0.136. The van der Waals surface area contributed by atoms with Crippen molar-refractivity contribution in [2.75, 3.05) is 5.32 Å². The van der Waals surface area contributed by atoms with Crippen LogP contribution in [0, 0.1) is 0 Å². The minimum Gasteiger partial charge on any atom is -0.322 e. The zero-order valence-electron chi connectivity index (χ0n) is 19.1. The molecule has 4 amide bonds. The van der Waals surface area contributed by atoms with Crippen LogP contribution in [-0.2, 0) is 16.1 Å². The number of nitrogens with one attached hydrogen (secondary N) is 3. The third-order valence-electron chi connectivity index (χ3n) is 6.40. The first-order valence-electron chi connectivity index (χ1n) is 11.4. The topological polar surface area (TPSA) is 172 Å². The van der Waals surface area contributed by atoms with Gasteiger partial charge in [0.05, 0.1) is 29.1 Å². The predicted molar refractivity (Wildman–Crippen MR) is 128 cm³/mol. The van der Waals surface area contributed by atoms with Gasteiger partial charge in [0.15, 0.2) is 5.69 Å². The molecule has 1 unspecified atom stereocenters. The van der Waals surface area contributed by atoms with Crippen molar-refractivity contribution in [3.05, 3.63) is 76.1 Å². The van der Waals surface area contributed by atoms with Gasteiger partial charge in [-0.25, -0.2) is 9.67 Å². The highest BCUT2D eigenvalue weighted by Gasteiger charge is 2.39. The molecule has 37 heavy (non-hydrogen) atoms. The van der Waals surface area contributed by atoms with E-state index < -0.39 is 17.9 Å². The van der Waals surface area contributed by atoms with Crippen molar-refractivity contribution < 1.29 is 19.2 Å². The molecule has 0 aliphatic carbocycles. The average molecular weight is 498 g/mol. The highest BCUT2D eigenvalue weighted by atomic mass is 16.2. The van der Waals surface area contributed by atoms with E-state index in [1.165, 1.54) is 28.2 Å². The van der Waals surface area contributed by atoms with Crippen LogP contribution in [0.4, 0.5) is 5.69 Å². The Hall–Kier alpha value is -5.20. The lowest BCUT2D eigenvalue weighted by Gasteiger charge is -2.29. The van der Waals surface area contributed by atoms with Crippen LogP contribution < -0.4 is 16.2 Å². The largest absolute Gasteiger partial charge is 0.322 e. The number of nitrogens with zero attached hydrogens (tertiary/aromatic N) is 5. The second-order valence-corrected chi connectivity index (χ2v) is 8.71. The van der Waals surface area contributed by atoms with Crippen LogP contribution in [-0.4, -0.2) is 59.5 Å². The third kappa shape index (κ3) is 3.91. The minimum atomic E-state index is -0.704. The van der Waals surface area contributed by atoms with Crippen LogP contribution in [0.3, 0.4) is 0 Å². The van der Waals surface area contributed by atoms with Gasteiger partial charge in [0.25, 0.3) is 17.4 Å². The molecule has 2 aromatic carbocycles. The van der Waals surface area contributed by atoms with E-state index in [0.717, 1.165) is 0 Å². The quantitative estimate of drug-likeness (QED) is 0.342. The molecule has 0 spiro atoms. The van der Waals surface area contributed by atoms with Crippen LogP contribution in [0.1, 0.15) is 39.3 Å². The maximum Gasteiger partial charge on any atom is 0.277 e. The number of imide groups is 1. The Morgan fingerprint density at radius 2 is 1.95 bits per heavy atom. The molecular weight excluding hydrogens is 480 g/mol. The van der Waals surface area contributed by atoms with Gasteiger partial charge >= 0.3 is 0 Å². The molecule has 0 saturated carbocycles. The maximum absolute atomic E-state index is 12.9. The molecular formula is C24H18N8O5. The number of carbonyl (C=O) groups excluding carboxylic acids is 4. The number of anilines is 1. The van der Waals surface area contributed by atoms with E-state index >= 15 is 0 Å². The Kier molecular flexibility index (Phi) is 5.10. The number of H-pyrrole nitrogens is 1. The van der Waals surface area contributed by atoms with Gasteiger partial charge in [-0.15, -0.1) is 5.10 Å². The van der Waals surface area contributed by atoms with Gasteiger partial charge in [-0.2, -0.15) is 0 Å². The molecule has 2 aliphatic rings. The average Bonchev–Trinajstić information content (AvgIpc) is 3.50. The summed E-state index contributed by atoms with van der Waals surface area (Å²) >= 11 is 0. The van der Waals surface area contributed by atoms with Crippen molar-refractivity contribution in [2.45, 2.75) is 25.4 Å². The Balaban J connectivity index is 1.20. The molecule has 0 bridgehead atoms. The number of hydrogen-bond acceptors (Lipinski definition) is 8. The lowest BCUT2D eigenvalue weighted by atomic mass is 10.0. The van der Waals surface area contributed by atoms with E-state index in [1.54, 1.807) is 30.3 Å². The van der Waals surface area contributed by atoms with E-state index in [1.807, 2.05) is 0 Å². The molecule has 4 aromatic rings. The maximum atomic E-state index is 12.9. The minimum absolute atomic E-state index is 0.0435. The van der Waals surface area contributed by atoms with Gasteiger partial charge in [0, 0.05) is 24.2 Å². The molecule has 1 saturated heterocycles. The number of amides is 4. The number of rotatable bonds is 4. The highest BCUT2D eigenvalue weighted by molar-refractivity contribution is 6.05. The number of benzene rings is 2. The fourth-order valence-electron chi connectivity index (χ4n) is 4.54. The normalized spacial score (nSPS) is 17.1. The number of piperidine rings is 1. The van der Waals surface area contributed by atoms with Gasteiger partial charge < -0.3 is 15.2 Å². The summed E-state index contributed by atoms with van der Waals surface area (Å²) in [5.74, 6) is -1.62.